The van der Waals surface area contributed by atoms with Crippen LogP contribution in [0.2, 0.25) is 0 Å². The number of aromatic nitrogens is 2. The van der Waals surface area contributed by atoms with Gasteiger partial charge in [0.2, 0.25) is 70.9 Å². The van der Waals surface area contributed by atoms with E-state index in [1.54, 1.807) is 132 Å². The van der Waals surface area contributed by atoms with Crippen LogP contribution in [-0.4, -0.2) is 219 Å². The van der Waals surface area contributed by atoms with Crippen LogP contribution in [0.5, 0.6) is 17.2 Å². The summed E-state index contributed by atoms with van der Waals surface area (Å²) in [5.41, 5.74) is 7.66. The Morgan fingerprint density at radius 1 is 0.347 bits per heavy atom. The summed E-state index contributed by atoms with van der Waals surface area (Å²) in [7, 11) is 9.70. The SMILES string of the molecule is CNc1cccc2c1C(=O)N(C1CCC(=O)NC1=O)C2=O.CNc1cccc2c1CN(C1CCC(=O)NC1=O)C2=O.CNc1cccc2nc(C)n(C3CCC(=O)NC3=O)c(=O)c12.COc1ccc2c(c1)CN(C1CCC(=O)NC1=O)C2=O.COc1cccc2c1C(=O)N(C1CCC(=O)NC1=O)C2=O.COc1cccc2c1CN(C1CCC(=O)NC1=O)C2=O. The van der Waals surface area contributed by atoms with E-state index in [0.29, 0.717) is 107 Å². The van der Waals surface area contributed by atoms with Gasteiger partial charge >= 0.3 is 0 Å². The molecular formula is C85H84N16O23. The highest BCUT2D eigenvalue weighted by atomic mass is 16.5. The molecule has 18 rings (SSSR count). The van der Waals surface area contributed by atoms with Crippen LogP contribution in [0, 0.1) is 6.92 Å². The number of nitrogens with zero attached hydrogens (tertiary/aromatic N) is 7. The molecule has 0 spiro atoms. The van der Waals surface area contributed by atoms with E-state index in [-0.39, 0.29) is 132 Å². The highest BCUT2D eigenvalue weighted by Gasteiger charge is 2.49. The second-order valence-electron chi connectivity index (χ2n) is 29.8. The van der Waals surface area contributed by atoms with Crippen LogP contribution in [0.3, 0.4) is 0 Å². The van der Waals surface area contributed by atoms with Crippen LogP contribution in [0.15, 0.2) is 114 Å². The molecule has 0 bridgehead atoms. The van der Waals surface area contributed by atoms with Crippen molar-refractivity contribution in [1.82, 2.24) is 66.0 Å². The number of piperidine rings is 6. The fourth-order valence-electron chi connectivity index (χ4n) is 16.5. The van der Waals surface area contributed by atoms with Gasteiger partial charge in [0.1, 0.15) is 59.3 Å². The lowest BCUT2D eigenvalue weighted by atomic mass is 10.0. The molecule has 6 fully saturated rings. The number of aryl methyl sites for hydroxylation is 1. The summed E-state index contributed by atoms with van der Waals surface area (Å²) < 4.78 is 16.9. The summed E-state index contributed by atoms with van der Waals surface area (Å²) in [6.45, 7) is 2.80. The lowest BCUT2D eigenvalue weighted by Gasteiger charge is -2.29. The molecule has 6 atom stereocenters. The zero-order valence-electron chi connectivity index (χ0n) is 68.0. The second-order valence-corrected chi connectivity index (χ2v) is 29.8. The number of hydrogen-bond donors (Lipinski definition) is 9. The summed E-state index contributed by atoms with van der Waals surface area (Å²) in [5, 5.41) is 22.8. The van der Waals surface area contributed by atoms with Gasteiger partial charge in [-0.2, -0.15) is 0 Å². The van der Waals surface area contributed by atoms with Crippen molar-refractivity contribution in [1.29, 1.82) is 0 Å². The number of imide groups is 8. The van der Waals surface area contributed by atoms with Crippen LogP contribution in [0.4, 0.5) is 17.1 Å². The number of rotatable bonds is 12. The molecule has 1 aromatic heterocycles. The normalized spacial score (nSPS) is 21.0. The smallest absolute Gasteiger partial charge is 0.266 e. The number of anilines is 3. The number of fused-ring (bicyclic) bond motifs is 6. The van der Waals surface area contributed by atoms with Gasteiger partial charge in [-0.25, -0.2) is 4.98 Å². The summed E-state index contributed by atoms with van der Waals surface area (Å²) in [4.78, 5) is 249. The summed E-state index contributed by atoms with van der Waals surface area (Å²) in [5.74, 6) is -5.32. The molecule has 0 radical (unpaired) electrons. The average molecular weight is 1700 g/mol. The molecule has 0 aliphatic carbocycles. The van der Waals surface area contributed by atoms with Gasteiger partial charge in [-0.1, -0.05) is 30.3 Å². The van der Waals surface area contributed by atoms with Crippen molar-refractivity contribution in [2.45, 2.75) is 140 Å². The summed E-state index contributed by atoms with van der Waals surface area (Å²) in [6.07, 6.45) is 2.96. The molecule has 7 aromatic rings. The predicted octanol–water partition coefficient (Wildman–Crippen LogP) is 2.35. The lowest BCUT2D eigenvalue weighted by molar-refractivity contribution is -0.138. The highest BCUT2D eigenvalue weighted by Crippen LogP contribution is 2.39. The van der Waals surface area contributed by atoms with Gasteiger partial charge in [-0.15, -0.1) is 0 Å². The minimum atomic E-state index is -0.959. The number of carbonyl (C=O) groups is 19. The maximum atomic E-state index is 12.9. The second kappa shape index (κ2) is 36.4. The molecular weight excluding hydrogens is 1610 g/mol. The first-order valence-electron chi connectivity index (χ1n) is 39.4. The monoisotopic (exact) mass is 1700 g/mol. The van der Waals surface area contributed by atoms with E-state index in [1.807, 2.05) is 18.2 Å². The number of nitrogens with one attached hydrogen (secondary N) is 9. The number of hydrogen-bond acceptors (Lipinski definition) is 27. The van der Waals surface area contributed by atoms with Crippen LogP contribution in [-0.2, 0) is 77.2 Å². The molecule has 6 aromatic carbocycles. The fraction of sp³-hybridized carbons (Fsp3) is 0.329. The number of carbonyl (C=O) groups excluding carboxylic acids is 19. The standard InChI is InChI=1S/C15H16N4O3.C14H13N3O4.C14H15N3O3.C14H12N2O5.2C14H14N2O4/c1-8-17-10-5-3-4-9(16-2)13(10)15(22)19(8)11-6-7-12(20)18-14(11)21;1-15-8-4-2-3-7-11(8)14(21)17(13(7)20)9-5-6-10(18)16-12(9)19;1-15-10-4-2-3-8-9(10)7-17(14(8)20)11-5-6-12(18)16-13(11)19;1-21-9-4-2-3-7-11(9)14(20)16(13(7)19)8-5-6-10(17)15-12(8)18;1-20-9-2-3-10-8(6-9)7-16(14(10)19)11-4-5-12(17)15-13(11)18;1-20-11-4-2-3-8-9(11)7-16(14(8)19)10-5-6-12(17)15-13(10)18/h3-5,11,16H,6-7H2,1-2H3,(H,18,20,21);2-4,9,15H,5-6H2,1H3,(H,16,18,19);2-4,11,15H,5-7H2,1H3,(H,16,18,19);2-4,8H,5-6H2,1H3,(H,15,17,18);2-3,6,11H,4-5,7H2,1H3,(H,15,17,18);2-4,10H,5-7H2,1H3,(H,15,17,18). The Morgan fingerprint density at radius 3 is 1.17 bits per heavy atom. The van der Waals surface area contributed by atoms with Gasteiger partial charge in [0, 0.05) is 118 Å². The van der Waals surface area contributed by atoms with Crippen LogP contribution >= 0.6 is 0 Å². The van der Waals surface area contributed by atoms with Crippen molar-refractivity contribution in [2.24, 2.45) is 0 Å². The first kappa shape index (κ1) is 86.6. The topological polar surface area (TPSA) is 511 Å². The molecule has 11 aliphatic heterocycles. The van der Waals surface area contributed by atoms with E-state index in [0.717, 1.165) is 32.2 Å². The summed E-state index contributed by atoms with van der Waals surface area (Å²) in [6, 6.07) is 26.7. The van der Waals surface area contributed by atoms with E-state index >= 15 is 0 Å². The van der Waals surface area contributed by atoms with Crippen LogP contribution < -0.4 is 67.6 Å². The van der Waals surface area contributed by atoms with E-state index < -0.39 is 95.3 Å². The molecule has 642 valence electrons. The quantitative estimate of drug-likeness (QED) is 0.0793. The van der Waals surface area contributed by atoms with Crippen LogP contribution in [0.1, 0.15) is 178 Å². The average Bonchev–Trinajstić information content (AvgIpc) is 1.57. The number of amides is 19. The zero-order valence-corrected chi connectivity index (χ0v) is 68.0. The Balaban J connectivity index is 0.000000128. The van der Waals surface area contributed by atoms with Crippen LogP contribution in [0.25, 0.3) is 10.9 Å². The molecule has 124 heavy (non-hydrogen) atoms. The lowest BCUT2D eigenvalue weighted by Crippen LogP contribution is -2.54. The molecule has 19 amide bonds. The Morgan fingerprint density at radius 2 is 0.718 bits per heavy atom. The Kier molecular flexibility index (Phi) is 25.4. The van der Waals surface area contributed by atoms with Crippen molar-refractivity contribution in [3.63, 3.8) is 0 Å². The van der Waals surface area contributed by atoms with Gasteiger partial charge in [0.15, 0.2) is 0 Å². The van der Waals surface area contributed by atoms with E-state index in [4.69, 9.17) is 14.2 Å². The third kappa shape index (κ3) is 16.9. The zero-order chi connectivity index (χ0) is 89.0. The molecule has 39 heteroatoms. The van der Waals surface area contributed by atoms with Gasteiger partial charge in [0.05, 0.1) is 61.0 Å². The van der Waals surface area contributed by atoms with Crippen molar-refractivity contribution in [3.05, 3.63) is 181 Å². The Bertz CT molecular complexity index is 5620. The van der Waals surface area contributed by atoms with Crippen molar-refractivity contribution in [3.8, 4) is 17.2 Å². The molecule has 9 N–H and O–H groups in total. The maximum Gasteiger partial charge on any atom is 0.266 e. The van der Waals surface area contributed by atoms with Crippen molar-refractivity contribution in [2.75, 3.05) is 58.4 Å². The van der Waals surface area contributed by atoms with Gasteiger partial charge in [-0.3, -0.25) is 142 Å². The molecule has 39 nitrogen and oxygen atoms in total. The molecule has 12 heterocycles. The maximum absolute atomic E-state index is 12.9. The largest absolute Gasteiger partial charge is 0.497 e. The predicted molar refractivity (Wildman–Crippen MR) is 434 cm³/mol. The van der Waals surface area contributed by atoms with Gasteiger partial charge in [0.25, 0.3) is 46.9 Å². The minimum Gasteiger partial charge on any atom is -0.497 e. The van der Waals surface area contributed by atoms with E-state index in [9.17, 15) is 95.9 Å². The van der Waals surface area contributed by atoms with E-state index in [1.165, 1.54) is 27.5 Å². The minimum absolute atomic E-state index is 0.0982. The van der Waals surface area contributed by atoms with E-state index in [2.05, 4.69) is 52.8 Å². The fourth-order valence-corrected chi connectivity index (χ4v) is 16.5. The molecule has 6 saturated heterocycles. The first-order valence-corrected chi connectivity index (χ1v) is 39.4. The molecule has 11 aliphatic rings. The number of methoxy groups -OCH3 is 3. The highest BCUT2D eigenvalue weighted by molar-refractivity contribution is 6.26. The molecule has 6 unspecified atom stereocenters. The molecule has 0 saturated carbocycles. The Hall–Kier alpha value is -15.2. The third-order valence-corrected chi connectivity index (χ3v) is 22.6. The van der Waals surface area contributed by atoms with Gasteiger partial charge in [-0.05, 0) is 130 Å². The summed E-state index contributed by atoms with van der Waals surface area (Å²) >= 11 is 0. The van der Waals surface area contributed by atoms with Crippen molar-refractivity contribution >= 4 is 140 Å². The van der Waals surface area contributed by atoms with Crippen molar-refractivity contribution < 1.29 is 105 Å². The number of benzene rings is 6. The third-order valence-electron chi connectivity index (χ3n) is 22.6. The van der Waals surface area contributed by atoms with Gasteiger partial charge < -0.3 is 44.9 Å². The first-order chi connectivity index (χ1) is 59.4. The Labute approximate surface area is 704 Å². The number of ether oxygens (including phenoxy) is 3.